The van der Waals surface area contributed by atoms with E-state index in [1.165, 1.54) is 20.0 Å². The Morgan fingerprint density at radius 1 is 1.29 bits per heavy atom. The molecule has 0 bridgehead atoms. The highest BCUT2D eigenvalue weighted by Gasteiger charge is 2.34. The van der Waals surface area contributed by atoms with E-state index in [0.29, 0.717) is 0 Å². The van der Waals surface area contributed by atoms with Crippen molar-refractivity contribution in [2.24, 2.45) is 17.8 Å². The molecule has 0 unspecified atom stereocenters. The molecule has 0 aromatic carbocycles. The average molecular weight is 197 g/mol. The highest BCUT2D eigenvalue weighted by Crippen LogP contribution is 2.35. The number of rotatable bonds is 2. The van der Waals surface area contributed by atoms with E-state index in [-0.39, 0.29) is 11.9 Å². The number of ether oxygens (including phenoxy) is 1. The first-order chi connectivity index (χ1) is 6.81. The summed E-state index contributed by atoms with van der Waals surface area (Å²) in [5, 5.41) is 3.30. The minimum Gasteiger partial charge on any atom is -0.469 e. The lowest BCUT2D eigenvalue weighted by Gasteiger charge is -2.38. The van der Waals surface area contributed by atoms with E-state index in [2.05, 4.69) is 5.32 Å². The smallest absolute Gasteiger partial charge is 0.308 e. The Hall–Kier alpha value is -0.570. The summed E-state index contributed by atoms with van der Waals surface area (Å²) in [6, 6.07) is 0. The molecule has 0 spiro atoms. The van der Waals surface area contributed by atoms with Gasteiger partial charge in [0.05, 0.1) is 13.0 Å². The summed E-state index contributed by atoms with van der Waals surface area (Å²) in [5.74, 6) is 1.76. The first-order valence-electron chi connectivity index (χ1n) is 5.60. The van der Waals surface area contributed by atoms with Crippen LogP contribution < -0.4 is 5.32 Å². The molecule has 2 aliphatic rings. The van der Waals surface area contributed by atoms with E-state index in [1.54, 1.807) is 0 Å². The standard InChI is InChI=1S/C11H19NO2/c1-14-11(13)9-4-2-3-8(5-9)10-6-12-7-10/h8-10,12H,2-7H2,1H3/t8-,9-/m0/s1. The van der Waals surface area contributed by atoms with Gasteiger partial charge in [-0.15, -0.1) is 0 Å². The van der Waals surface area contributed by atoms with Gasteiger partial charge in [-0.1, -0.05) is 12.8 Å². The fourth-order valence-corrected chi connectivity index (χ4v) is 2.68. The minimum absolute atomic E-state index is 0.00184. The second-order valence-corrected chi connectivity index (χ2v) is 4.57. The summed E-state index contributed by atoms with van der Waals surface area (Å²) in [6.07, 6.45) is 4.59. The molecule has 0 aromatic rings. The van der Waals surface area contributed by atoms with Gasteiger partial charge in [0.2, 0.25) is 0 Å². The van der Waals surface area contributed by atoms with Crippen LogP contribution in [0.3, 0.4) is 0 Å². The monoisotopic (exact) mass is 197 g/mol. The zero-order chi connectivity index (χ0) is 9.97. The molecule has 2 atom stereocenters. The molecule has 1 aliphatic carbocycles. The van der Waals surface area contributed by atoms with Gasteiger partial charge in [0.25, 0.3) is 0 Å². The van der Waals surface area contributed by atoms with Crippen LogP contribution in [0.15, 0.2) is 0 Å². The molecule has 3 nitrogen and oxygen atoms in total. The molecule has 1 aliphatic heterocycles. The van der Waals surface area contributed by atoms with E-state index in [4.69, 9.17) is 4.74 Å². The molecule has 2 fully saturated rings. The Balaban J connectivity index is 1.86. The summed E-state index contributed by atoms with van der Waals surface area (Å²) in [7, 11) is 1.50. The lowest BCUT2D eigenvalue weighted by Crippen LogP contribution is -2.47. The van der Waals surface area contributed by atoms with Crippen molar-refractivity contribution < 1.29 is 9.53 Å². The van der Waals surface area contributed by atoms with Crippen LogP contribution in [-0.2, 0) is 9.53 Å². The lowest BCUT2D eigenvalue weighted by atomic mass is 9.73. The summed E-state index contributed by atoms with van der Waals surface area (Å²) in [6.45, 7) is 2.30. The molecule has 0 amide bonds. The summed E-state index contributed by atoms with van der Waals surface area (Å²) >= 11 is 0. The van der Waals surface area contributed by atoms with Crippen LogP contribution in [0.5, 0.6) is 0 Å². The number of methoxy groups -OCH3 is 1. The number of hydrogen-bond acceptors (Lipinski definition) is 3. The topological polar surface area (TPSA) is 38.3 Å². The number of hydrogen-bond donors (Lipinski definition) is 1. The molecule has 14 heavy (non-hydrogen) atoms. The Kier molecular flexibility index (Phi) is 3.06. The van der Waals surface area contributed by atoms with Crippen LogP contribution in [-0.4, -0.2) is 26.2 Å². The molecular formula is C11H19NO2. The summed E-state index contributed by atoms with van der Waals surface area (Å²) < 4.78 is 4.81. The van der Waals surface area contributed by atoms with Crippen molar-refractivity contribution in [3.8, 4) is 0 Å². The summed E-state index contributed by atoms with van der Waals surface area (Å²) in [4.78, 5) is 11.4. The maximum atomic E-state index is 11.4. The third-order valence-corrected chi connectivity index (χ3v) is 3.73. The maximum absolute atomic E-state index is 11.4. The maximum Gasteiger partial charge on any atom is 0.308 e. The van der Waals surface area contributed by atoms with E-state index >= 15 is 0 Å². The van der Waals surface area contributed by atoms with Crippen molar-refractivity contribution in [1.29, 1.82) is 0 Å². The zero-order valence-corrected chi connectivity index (χ0v) is 8.79. The van der Waals surface area contributed by atoms with E-state index in [0.717, 1.165) is 37.8 Å². The van der Waals surface area contributed by atoms with Gasteiger partial charge >= 0.3 is 5.97 Å². The van der Waals surface area contributed by atoms with Gasteiger partial charge < -0.3 is 10.1 Å². The van der Waals surface area contributed by atoms with Crippen LogP contribution in [0.25, 0.3) is 0 Å². The largest absolute Gasteiger partial charge is 0.469 e. The molecule has 80 valence electrons. The second-order valence-electron chi connectivity index (χ2n) is 4.57. The molecule has 0 aromatic heterocycles. The Bertz CT molecular complexity index is 213. The third-order valence-electron chi connectivity index (χ3n) is 3.73. The van der Waals surface area contributed by atoms with Gasteiger partial charge in [-0.3, -0.25) is 4.79 Å². The number of carbonyl (C=O) groups is 1. The fraction of sp³-hybridized carbons (Fsp3) is 0.909. The van der Waals surface area contributed by atoms with E-state index in [9.17, 15) is 4.79 Å². The van der Waals surface area contributed by atoms with Crippen molar-refractivity contribution in [2.45, 2.75) is 25.7 Å². The van der Waals surface area contributed by atoms with Gasteiger partial charge in [0.15, 0.2) is 0 Å². The highest BCUT2D eigenvalue weighted by molar-refractivity contribution is 5.72. The van der Waals surface area contributed by atoms with Crippen molar-refractivity contribution in [2.75, 3.05) is 20.2 Å². The molecule has 1 N–H and O–H groups in total. The van der Waals surface area contributed by atoms with Crippen molar-refractivity contribution >= 4 is 5.97 Å². The summed E-state index contributed by atoms with van der Waals surface area (Å²) in [5.41, 5.74) is 0. The quantitative estimate of drug-likeness (QED) is 0.676. The van der Waals surface area contributed by atoms with Crippen LogP contribution >= 0.6 is 0 Å². The normalized spacial score (nSPS) is 33.5. The van der Waals surface area contributed by atoms with E-state index in [1.807, 2.05) is 0 Å². The van der Waals surface area contributed by atoms with Gasteiger partial charge in [0, 0.05) is 0 Å². The minimum atomic E-state index is 0.00184. The predicted molar refractivity (Wildman–Crippen MR) is 53.8 cm³/mol. The van der Waals surface area contributed by atoms with Crippen molar-refractivity contribution in [3.05, 3.63) is 0 Å². The fourth-order valence-electron chi connectivity index (χ4n) is 2.68. The molecule has 1 heterocycles. The van der Waals surface area contributed by atoms with Crippen LogP contribution in [0.1, 0.15) is 25.7 Å². The van der Waals surface area contributed by atoms with Crippen molar-refractivity contribution in [3.63, 3.8) is 0 Å². The second kappa shape index (κ2) is 4.30. The SMILES string of the molecule is COC(=O)[C@H]1CCC[C@H](C2CNC2)C1. The Morgan fingerprint density at radius 3 is 2.64 bits per heavy atom. The number of carbonyl (C=O) groups excluding carboxylic acids is 1. The Labute approximate surface area is 85.2 Å². The van der Waals surface area contributed by atoms with Gasteiger partial charge in [-0.2, -0.15) is 0 Å². The number of esters is 1. The van der Waals surface area contributed by atoms with Crippen LogP contribution in [0.2, 0.25) is 0 Å². The average Bonchev–Trinajstić information content (AvgIpc) is 2.14. The van der Waals surface area contributed by atoms with Gasteiger partial charge in [0.1, 0.15) is 0 Å². The zero-order valence-electron chi connectivity index (χ0n) is 8.79. The molecule has 0 radical (unpaired) electrons. The van der Waals surface area contributed by atoms with Crippen LogP contribution in [0, 0.1) is 17.8 Å². The molecule has 1 saturated carbocycles. The van der Waals surface area contributed by atoms with Gasteiger partial charge in [-0.25, -0.2) is 0 Å². The van der Waals surface area contributed by atoms with Gasteiger partial charge in [-0.05, 0) is 37.8 Å². The molecule has 1 saturated heterocycles. The Morgan fingerprint density at radius 2 is 2.07 bits per heavy atom. The first kappa shape index (κ1) is 9.97. The number of nitrogens with one attached hydrogen (secondary N) is 1. The first-order valence-corrected chi connectivity index (χ1v) is 5.60. The molecule has 2 rings (SSSR count). The third kappa shape index (κ3) is 1.92. The van der Waals surface area contributed by atoms with E-state index < -0.39 is 0 Å². The highest BCUT2D eigenvalue weighted by atomic mass is 16.5. The predicted octanol–water partition coefficient (Wildman–Crippen LogP) is 1.19. The molecule has 3 heteroatoms. The van der Waals surface area contributed by atoms with Crippen molar-refractivity contribution in [1.82, 2.24) is 5.32 Å². The lowest BCUT2D eigenvalue weighted by molar-refractivity contribution is -0.147. The van der Waals surface area contributed by atoms with Crippen LogP contribution in [0.4, 0.5) is 0 Å². The molecular weight excluding hydrogens is 178 g/mol.